The van der Waals surface area contributed by atoms with E-state index < -0.39 is 0 Å². The van der Waals surface area contributed by atoms with E-state index in [1.54, 1.807) is 0 Å². The fraction of sp³-hybridized carbons (Fsp3) is 0.750. The largest absolute Gasteiger partial charge is 0.347 e. The third-order valence-corrected chi connectivity index (χ3v) is 3.20. The second-order valence-corrected chi connectivity index (χ2v) is 7.12. The molecule has 0 atom stereocenters. The molecule has 3 nitrogen and oxygen atoms in total. The second-order valence-electron chi connectivity index (χ2n) is 7.12. The zero-order valence-corrected chi connectivity index (χ0v) is 14.0. The van der Waals surface area contributed by atoms with Gasteiger partial charge in [0.1, 0.15) is 0 Å². The molecule has 0 aliphatic carbocycles. The summed E-state index contributed by atoms with van der Waals surface area (Å²) in [6.07, 6.45) is 0. The summed E-state index contributed by atoms with van der Waals surface area (Å²) in [4.78, 5) is 11.6. The Hall–Kier alpha value is -1.12. The normalized spacial score (nSPS) is 12.4. The monoisotopic (exact) mass is 263 g/mol. The van der Waals surface area contributed by atoms with Gasteiger partial charge in [-0.15, -0.1) is 0 Å². The fourth-order valence-electron chi connectivity index (χ4n) is 2.29. The van der Waals surface area contributed by atoms with Crippen molar-refractivity contribution in [2.75, 3.05) is 19.0 Å². The third-order valence-electron chi connectivity index (χ3n) is 3.20. The lowest BCUT2D eigenvalue weighted by Crippen LogP contribution is -2.24. The standard InChI is InChI=1S/C16H29N3/c1-10(2)13-12(16(5,6)7)14(11(3)4)18-15(17-13)19(8)9/h10-11H,1-9H3. The Kier molecular flexibility index (Phi) is 4.59. The molecule has 108 valence electrons. The summed E-state index contributed by atoms with van der Waals surface area (Å²) in [6, 6.07) is 0. The van der Waals surface area contributed by atoms with Gasteiger partial charge in [0, 0.05) is 19.7 Å². The summed E-state index contributed by atoms with van der Waals surface area (Å²) >= 11 is 0. The maximum atomic E-state index is 4.80. The van der Waals surface area contributed by atoms with E-state index in [2.05, 4.69) is 48.5 Å². The first-order valence-electron chi connectivity index (χ1n) is 7.15. The van der Waals surface area contributed by atoms with Crippen LogP contribution in [0.3, 0.4) is 0 Å². The molecular weight excluding hydrogens is 234 g/mol. The molecule has 1 heterocycles. The zero-order valence-electron chi connectivity index (χ0n) is 14.0. The van der Waals surface area contributed by atoms with E-state index in [9.17, 15) is 0 Å². The Bertz CT molecular complexity index is 411. The number of hydrogen-bond acceptors (Lipinski definition) is 3. The Morgan fingerprint density at radius 2 is 1.21 bits per heavy atom. The minimum Gasteiger partial charge on any atom is -0.347 e. The van der Waals surface area contributed by atoms with Crippen LogP contribution in [0.2, 0.25) is 0 Å². The van der Waals surface area contributed by atoms with Crippen molar-refractivity contribution in [2.24, 2.45) is 0 Å². The van der Waals surface area contributed by atoms with Crippen LogP contribution in [0.5, 0.6) is 0 Å². The van der Waals surface area contributed by atoms with Gasteiger partial charge in [-0.05, 0) is 17.3 Å². The van der Waals surface area contributed by atoms with Crippen LogP contribution >= 0.6 is 0 Å². The van der Waals surface area contributed by atoms with Crippen molar-refractivity contribution in [3.05, 3.63) is 17.0 Å². The molecule has 1 aromatic rings. The number of hydrogen-bond donors (Lipinski definition) is 0. The van der Waals surface area contributed by atoms with Crippen molar-refractivity contribution >= 4 is 5.95 Å². The molecule has 0 spiro atoms. The predicted molar refractivity (Wildman–Crippen MR) is 83.2 cm³/mol. The SMILES string of the molecule is CC(C)c1nc(N(C)C)nc(C(C)C)c1C(C)(C)C. The van der Waals surface area contributed by atoms with Crippen LogP contribution in [-0.4, -0.2) is 24.1 Å². The predicted octanol–water partition coefficient (Wildman–Crippen LogP) is 4.09. The lowest BCUT2D eigenvalue weighted by molar-refractivity contribution is 0.548. The molecule has 0 saturated heterocycles. The lowest BCUT2D eigenvalue weighted by Gasteiger charge is -2.29. The molecule has 3 heteroatoms. The Balaban J connectivity index is 3.66. The summed E-state index contributed by atoms with van der Waals surface area (Å²) in [6.45, 7) is 15.6. The van der Waals surface area contributed by atoms with Crippen LogP contribution in [-0.2, 0) is 5.41 Å². The average Bonchev–Trinajstić information content (AvgIpc) is 2.25. The summed E-state index contributed by atoms with van der Waals surface area (Å²) < 4.78 is 0. The maximum absolute atomic E-state index is 4.80. The van der Waals surface area contributed by atoms with Crippen molar-refractivity contribution in [1.82, 2.24) is 9.97 Å². The summed E-state index contributed by atoms with van der Waals surface area (Å²) in [5.41, 5.74) is 3.78. The Labute approximate surface area is 118 Å². The molecule has 0 amide bonds. The van der Waals surface area contributed by atoms with Gasteiger partial charge in [0.15, 0.2) is 0 Å². The van der Waals surface area contributed by atoms with E-state index in [4.69, 9.17) is 9.97 Å². The van der Waals surface area contributed by atoms with Crippen LogP contribution < -0.4 is 4.90 Å². The highest BCUT2D eigenvalue weighted by atomic mass is 15.2. The second kappa shape index (κ2) is 5.48. The van der Waals surface area contributed by atoms with Crippen molar-refractivity contribution in [3.8, 4) is 0 Å². The first kappa shape index (κ1) is 15.9. The van der Waals surface area contributed by atoms with E-state index in [0.717, 1.165) is 5.95 Å². The number of aromatic nitrogens is 2. The molecule has 1 aromatic heterocycles. The minimum absolute atomic E-state index is 0.0735. The van der Waals surface area contributed by atoms with Gasteiger partial charge >= 0.3 is 0 Å². The summed E-state index contributed by atoms with van der Waals surface area (Å²) in [5, 5.41) is 0. The van der Waals surface area contributed by atoms with Gasteiger partial charge in [-0.3, -0.25) is 0 Å². The van der Waals surface area contributed by atoms with E-state index in [1.165, 1.54) is 17.0 Å². The highest BCUT2D eigenvalue weighted by molar-refractivity contribution is 5.42. The van der Waals surface area contributed by atoms with Gasteiger partial charge in [0.25, 0.3) is 0 Å². The van der Waals surface area contributed by atoms with Gasteiger partial charge in [0.2, 0.25) is 5.95 Å². The molecule has 0 radical (unpaired) electrons. The van der Waals surface area contributed by atoms with E-state index >= 15 is 0 Å². The maximum Gasteiger partial charge on any atom is 0.225 e. The van der Waals surface area contributed by atoms with E-state index in [-0.39, 0.29) is 5.41 Å². The Morgan fingerprint density at radius 1 is 0.842 bits per heavy atom. The first-order chi connectivity index (χ1) is 8.55. The number of nitrogens with zero attached hydrogens (tertiary/aromatic N) is 3. The lowest BCUT2D eigenvalue weighted by atomic mass is 9.80. The molecule has 0 unspecified atom stereocenters. The highest BCUT2D eigenvalue weighted by Gasteiger charge is 2.27. The van der Waals surface area contributed by atoms with E-state index in [1.807, 2.05) is 19.0 Å². The number of rotatable bonds is 3. The molecular formula is C16H29N3. The van der Waals surface area contributed by atoms with E-state index in [0.29, 0.717) is 11.8 Å². The van der Waals surface area contributed by atoms with Gasteiger partial charge in [0.05, 0.1) is 11.4 Å². The molecule has 0 N–H and O–H groups in total. The molecule has 1 rings (SSSR count). The van der Waals surface area contributed by atoms with Gasteiger partial charge in [-0.25, -0.2) is 9.97 Å². The average molecular weight is 263 g/mol. The van der Waals surface area contributed by atoms with Crippen molar-refractivity contribution in [2.45, 2.75) is 65.7 Å². The van der Waals surface area contributed by atoms with Crippen LogP contribution in [0.15, 0.2) is 0 Å². The minimum atomic E-state index is 0.0735. The van der Waals surface area contributed by atoms with Crippen molar-refractivity contribution in [3.63, 3.8) is 0 Å². The summed E-state index contributed by atoms with van der Waals surface area (Å²) in [7, 11) is 4.00. The van der Waals surface area contributed by atoms with Crippen molar-refractivity contribution in [1.29, 1.82) is 0 Å². The molecule has 0 bridgehead atoms. The van der Waals surface area contributed by atoms with Gasteiger partial charge < -0.3 is 4.90 Å². The highest BCUT2D eigenvalue weighted by Crippen LogP contribution is 2.35. The van der Waals surface area contributed by atoms with Gasteiger partial charge in [-0.1, -0.05) is 48.5 Å². The van der Waals surface area contributed by atoms with Crippen LogP contribution in [0, 0.1) is 0 Å². The van der Waals surface area contributed by atoms with Gasteiger partial charge in [-0.2, -0.15) is 0 Å². The molecule has 0 aliphatic rings. The van der Waals surface area contributed by atoms with Crippen LogP contribution in [0.4, 0.5) is 5.95 Å². The smallest absolute Gasteiger partial charge is 0.225 e. The van der Waals surface area contributed by atoms with Crippen LogP contribution in [0.1, 0.15) is 77.3 Å². The number of anilines is 1. The van der Waals surface area contributed by atoms with Crippen molar-refractivity contribution < 1.29 is 0 Å². The topological polar surface area (TPSA) is 29.0 Å². The summed E-state index contributed by atoms with van der Waals surface area (Å²) in [5.74, 6) is 1.64. The van der Waals surface area contributed by atoms with Crippen LogP contribution in [0.25, 0.3) is 0 Å². The first-order valence-corrected chi connectivity index (χ1v) is 7.15. The fourth-order valence-corrected chi connectivity index (χ4v) is 2.29. The quantitative estimate of drug-likeness (QED) is 0.822. The molecule has 0 aliphatic heterocycles. The Morgan fingerprint density at radius 3 is 1.42 bits per heavy atom. The molecule has 0 aromatic carbocycles. The molecule has 0 fully saturated rings. The molecule has 0 saturated carbocycles. The third kappa shape index (κ3) is 3.46. The molecule has 19 heavy (non-hydrogen) atoms. The zero-order chi connectivity index (χ0) is 15.0.